The van der Waals surface area contributed by atoms with Gasteiger partial charge in [0.1, 0.15) is 11.9 Å². The molecule has 3 rings (SSSR count). The Bertz CT molecular complexity index is 960. The third-order valence-electron chi connectivity index (χ3n) is 5.81. The summed E-state index contributed by atoms with van der Waals surface area (Å²) in [6.07, 6.45) is 2.96. The summed E-state index contributed by atoms with van der Waals surface area (Å²) in [5.74, 6) is 0.854. The predicted molar refractivity (Wildman–Crippen MR) is 119 cm³/mol. The van der Waals surface area contributed by atoms with Gasteiger partial charge in [-0.15, -0.1) is 0 Å². The second-order valence-corrected chi connectivity index (χ2v) is 10.0. The number of unbranched alkanes of at least 4 members (excludes halogenated alkanes) is 2. The van der Waals surface area contributed by atoms with Gasteiger partial charge in [-0.3, -0.25) is 19.4 Å². The number of piperazine rings is 1. The molecule has 0 aromatic heterocycles. The van der Waals surface area contributed by atoms with Crippen LogP contribution in [0.1, 0.15) is 45.1 Å². The number of benzene rings is 1. The molecule has 1 aromatic carbocycles. The van der Waals surface area contributed by atoms with Gasteiger partial charge in [0.2, 0.25) is 5.91 Å². The summed E-state index contributed by atoms with van der Waals surface area (Å²) in [7, 11) is -3.49. The summed E-state index contributed by atoms with van der Waals surface area (Å²) in [5.41, 5.74) is 0.618. The molecule has 168 valence electrons. The molecule has 1 fully saturated rings. The number of hydrogen-bond acceptors (Lipinski definition) is 6. The number of amides is 1. The van der Waals surface area contributed by atoms with Gasteiger partial charge in [-0.1, -0.05) is 32.4 Å². The van der Waals surface area contributed by atoms with Crippen molar-refractivity contribution in [2.45, 2.75) is 50.5 Å². The second kappa shape index (κ2) is 10.2. The molecule has 1 amide bonds. The van der Waals surface area contributed by atoms with Crippen LogP contribution in [-0.4, -0.2) is 68.7 Å². The predicted octanol–water partition coefficient (Wildman–Crippen LogP) is 1.98. The molecule has 8 nitrogen and oxygen atoms in total. The maximum absolute atomic E-state index is 12.5. The van der Waals surface area contributed by atoms with Crippen LogP contribution in [0.5, 0.6) is 0 Å². The summed E-state index contributed by atoms with van der Waals surface area (Å²) < 4.78 is 26.7. The second-order valence-electron chi connectivity index (χ2n) is 8.38. The number of rotatable bonds is 8. The summed E-state index contributed by atoms with van der Waals surface area (Å²) in [6, 6.07) is 9.11. The zero-order chi connectivity index (χ0) is 22.4. The molecule has 0 radical (unpaired) electrons. The topological polar surface area (TPSA) is 106 Å². The average molecular weight is 446 g/mol. The molecular weight excluding hydrogens is 414 g/mol. The number of carbonyl (C=O) groups is 1. The number of hydrogen-bond donors (Lipinski definition) is 1. The summed E-state index contributed by atoms with van der Waals surface area (Å²) >= 11 is 0. The highest BCUT2D eigenvalue weighted by Gasteiger charge is 2.30. The first-order chi connectivity index (χ1) is 14.8. The molecule has 0 spiro atoms. The van der Waals surface area contributed by atoms with E-state index in [-0.39, 0.29) is 22.8 Å². The number of sulfonamides is 1. The number of nitrogens with one attached hydrogen (secondary N) is 1. The first kappa shape index (κ1) is 23.2. The van der Waals surface area contributed by atoms with Crippen molar-refractivity contribution in [3.05, 3.63) is 29.8 Å². The van der Waals surface area contributed by atoms with E-state index in [0.29, 0.717) is 37.5 Å². The largest absolute Gasteiger partial charge is 0.340 e. The lowest BCUT2D eigenvalue weighted by molar-refractivity contribution is -0.133. The Kier molecular flexibility index (Phi) is 7.68. The van der Waals surface area contributed by atoms with Crippen molar-refractivity contribution in [2.75, 3.05) is 32.7 Å². The lowest BCUT2D eigenvalue weighted by atomic mass is 10.0. The van der Waals surface area contributed by atoms with Gasteiger partial charge in [0.25, 0.3) is 10.0 Å². The van der Waals surface area contributed by atoms with Crippen LogP contribution < -0.4 is 4.72 Å². The van der Waals surface area contributed by atoms with Gasteiger partial charge in [0.15, 0.2) is 0 Å². The molecule has 2 heterocycles. The van der Waals surface area contributed by atoms with Gasteiger partial charge in [0, 0.05) is 44.7 Å². The molecule has 0 aliphatic carbocycles. The smallest absolute Gasteiger partial charge is 0.263 e. The lowest BCUT2D eigenvalue weighted by Gasteiger charge is -2.38. The average Bonchev–Trinajstić information content (AvgIpc) is 3.01. The van der Waals surface area contributed by atoms with Gasteiger partial charge in [-0.25, -0.2) is 8.42 Å². The quantitative estimate of drug-likeness (QED) is 0.616. The Labute approximate surface area is 185 Å². The van der Waals surface area contributed by atoms with Crippen molar-refractivity contribution in [3.63, 3.8) is 0 Å². The fraction of sp³-hybridized carbons (Fsp3) is 0.591. The molecule has 31 heavy (non-hydrogen) atoms. The molecule has 0 bridgehead atoms. The Morgan fingerprint density at radius 2 is 1.87 bits per heavy atom. The summed E-state index contributed by atoms with van der Waals surface area (Å²) in [5, 5.41) is 9.34. The van der Waals surface area contributed by atoms with Crippen LogP contribution in [0.2, 0.25) is 0 Å². The van der Waals surface area contributed by atoms with E-state index in [4.69, 9.17) is 0 Å². The monoisotopic (exact) mass is 445 g/mol. The highest BCUT2D eigenvalue weighted by Crippen LogP contribution is 2.22. The Morgan fingerprint density at radius 3 is 2.55 bits per heavy atom. The number of nitrogens with zero attached hydrogens (tertiary/aromatic N) is 4. The van der Waals surface area contributed by atoms with E-state index in [9.17, 15) is 18.5 Å². The SMILES string of the molecule is CC(C)C(C#N)N1CCN(C(=O)CCCCCN=C2NS(=O)(=O)c3ccccc32)CC1. The molecule has 1 aromatic rings. The minimum Gasteiger partial charge on any atom is -0.340 e. The van der Waals surface area contributed by atoms with Crippen molar-refractivity contribution in [3.8, 4) is 6.07 Å². The van der Waals surface area contributed by atoms with E-state index in [1.807, 2.05) is 4.90 Å². The van der Waals surface area contributed by atoms with E-state index in [0.717, 1.165) is 32.4 Å². The zero-order valence-corrected chi connectivity index (χ0v) is 19.1. The first-order valence-electron chi connectivity index (χ1n) is 10.9. The maximum Gasteiger partial charge on any atom is 0.263 e. The van der Waals surface area contributed by atoms with Crippen LogP contribution in [0.4, 0.5) is 0 Å². The van der Waals surface area contributed by atoms with Gasteiger partial charge in [-0.2, -0.15) is 5.26 Å². The van der Waals surface area contributed by atoms with Gasteiger partial charge in [-0.05, 0) is 30.9 Å². The van der Waals surface area contributed by atoms with Crippen LogP contribution >= 0.6 is 0 Å². The van der Waals surface area contributed by atoms with Crippen molar-refractivity contribution in [1.29, 1.82) is 5.26 Å². The van der Waals surface area contributed by atoms with Crippen LogP contribution in [0.3, 0.4) is 0 Å². The normalized spacial score (nSPS) is 20.3. The van der Waals surface area contributed by atoms with Gasteiger partial charge >= 0.3 is 0 Å². The fourth-order valence-electron chi connectivity index (χ4n) is 4.07. The van der Waals surface area contributed by atoms with E-state index in [1.165, 1.54) is 0 Å². The summed E-state index contributed by atoms with van der Waals surface area (Å²) in [4.78, 5) is 21.2. The number of fused-ring (bicyclic) bond motifs is 1. The Balaban J connectivity index is 1.36. The van der Waals surface area contributed by atoms with Crippen LogP contribution in [0.15, 0.2) is 34.2 Å². The van der Waals surface area contributed by atoms with Crippen LogP contribution in [0.25, 0.3) is 0 Å². The van der Waals surface area contributed by atoms with Crippen molar-refractivity contribution >= 4 is 21.8 Å². The molecular formula is C22H31N5O3S. The van der Waals surface area contributed by atoms with Crippen LogP contribution in [0, 0.1) is 17.2 Å². The highest BCUT2D eigenvalue weighted by molar-refractivity contribution is 7.90. The minimum absolute atomic E-state index is 0.0878. The Hall–Kier alpha value is -2.44. The Morgan fingerprint density at radius 1 is 1.16 bits per heavy atom. The number of carbonyl (C=O) groups excluding carboxylic acids is 1. The molecule has 9 heteroatoms. The van der Waals surface area contributed by atoms with Crippen molar-refractivity contribution in [2.24, 2.45) is 10.9 Å². The number of nitriles is 1. The van der Waals surface area contributed by atoms with Gasteiger partial charge < -0.3 is 4.90 Å². The molecule has 2 aliphatic rings. The van der Waals surface area contributed by atoms with E-state index >= 15 is 0 Å². The van der Waals surface area contributed by atoms with Crippen molar-refractivity contribution < 1.29 is 13.2 Å². The molecule has 1 atom stereocenters. The van der Waals surface area contributed by atoms with E-state index < -0.39 is 10.0 Å². The zero-order valence-electron chi connectivity index (χ0n) is 18.2. The molecule has 1 N–H and O–H groups in total. The first-order valence-corrected chi connectivity index (χ1v) is 12.4. The lowest BCUT2D eigenvalue weighted by Crippen LogP contribution is -2.52. The standard InChI is InChI=1S/C22H31N5O3S/c1-17(2)19(16-23)26-12-14-27(15-13-26)21(28)10-4-3-7-11-24-22-18-8-5-6-9-20(18)31(29,30)25-22/h5-6,8-9,17,19H,3-4,7,10-15H2,1-2H3,(H,24,25). The number of amidine groups is 1. The molecule has 2 aliphatic heterocycles. The van der Waals surface area contributed by atoms with Gasteiger partial charge in [0.05, 0.1) is 11.0 Å². The van der Waals surface area contributed by atoms with Crippen molar-refractivity contribution in [1.82, 2.24) is 14.5 Å². The van der Waals surface area contributed by atoms with E-state index in [1.54, 1.807) is 24.3 Å². The van der Waals surface area contributed by atoms with E-state index in [2.05, 4.69) is 34.5 Å². The molecule has 1 saturated heterocycles. The number of aliphatic imine (C=N–C) groups is 1. The van der Waals surface area contributed by atoms with Crippen LogP contribution in [-0.2, 0) is 14.8 Å². The summed E-state index contributed by atoms with van der Waals surface area (Å²) in [6.45, 7) is 7.47. The highest BCUT2D eigenvalue weighted by atomic mass is 32.2. The molecule has 1 unspecified atom stereocenters. The molecule has 0 saturated carbocycles. The minimum atomic E-state index is -3.49. The fourth-order valence-corrected chi connectivity index (χ4v) is 5.32. The third kappa shape index (κ3) is 5.63. The maximum atomic E-state index is 12.5. The third-order valence-corrected chi connectivity index (χ3v) is 7.20.